The molecular weight excluding hydrogens is 525 g/mol. The maximum Gasteiger partial charge on any atom is 0.419 e. The van der Waals surface area contributed by atoms with Gasteiger partial charge in [0.05, 0.1) is 22.4 Å². The fourth-order valence-electron chi connectivity index (χ4n) is 6.07. The van der Waals surface area contributed by atoms with Gasteiger partial charge < -0.3 is 24.4 Å². The molecule has 0 spiro atoms. The standard InChI is InChI=1S/C31H55F3O6/c1-14-29(15-2,39-26(9,10)25(7,8)36)22-18-21(38-24(35)20(5)6)19-23(22)30(16-3,17-4)40-27(11,12)28(13,37)31(32,33)34/h21-23,36-37H,5,14-19H2,1-4,6-13H3. The van der Waals surface area contributed by atoms with Gasteiger partial charge in [0, 0.05) is 5.57 Å². The van der Waals surface area contributed by atoms with Gasteiger partial charge in [-0.3, -0.25) is 0 Å². The van der Waals surface area contributed by atoms with Crippen LogP contribution in [-0.4, -0.2) is 62.1 Å². The van der Waals surface area contributed by atoms with Crippen molar-refractivity contribution in [3.63, 3.8) is 0 Å². The number of rotatable bonds is 14. The van der Waals surface area contributed by atoms with Crippen LogP contribution in [0.15, 0.2) is 12.2 Å². The van der Waals surface area contributed by atoms with Gasteiger partial charge in [0.25, 0.3) is 0 Å². The topological polar surface area (TPSA) is 85.2 Å². The first-order valence-electron chi connectivity index (χ1n) is 14.6. The first kappa shape index (κ1) is 36.9. The normalized spacial score (nSPS) is 23.2. The summed E-state index contributed by atoms with van der Waals surface area (Å²) in [7, 11) is 0. The molecule has 1 rings (SSSR count). The molecule has 0 heterocycles. The van der Waals surface area contributed by atoms with Crippen LogP contribution in [0.2, 0.25) is 0 Å². The molecule has 2 N–H and O–H groups in total. The van der Waals surface area contributed by atoms with Crippen LogP contribution >= 0.6 is 0 Å². The van der Waals surface area contributed by atoms with E-state index < -0.39 is 51.9 Å². The van der Waals surface area contributed by atoms with E-state index in [2.05, 4.69) is 6.58 Å². The molecule has 0 aliphatic heterocycles. The summed E-state index contributed by atoms with van der Waals surface area (Å²) in [5.41, 5.74) is -8.95. The van der Waals surface area contributed by atoms with E-state index in [1.807, 2.05) is 41.5 Å². The van der Waals surface area contributed by atoms with E-state index in [1.54, 1.807) is 20.8 Å². The van der Waals surface area contributed by atoms with Gasteiger partial charge in [0.15, 0.2) is 5.60 Å². The van der Waals surface area contributed by atoms with E-state index in [4.69, 9.17) is 14.2 Å². The van der Waals surface area contributed by atoms with Crippen molar-refractivity contribution in [2.24, 2.45) is 11.8 Å². The van der Waals surface area contributed by atoms with Gasteiger partial charge in [-0.05, 0) is 106 Å². The van der Waals surface area contributed by atoms with Gasteiger partial charge in [-0.2, -0.15) is 13.2 Å². The van der Waals surface area contributed by atoms with Crippen molar-refractivity contribution in [2.45, 2.75) is 167 Å². The number of hydrogen-bond donors (Lipinski definition) is 2. The van der Waals surface area contributed by atoms with Gasteiger partial charge in [-0.25, -0.2) is 4.79 Å². The minimum Gasteiger partial charge on any atom is -0.459 e. The third-order valence-corrected chi connectivity index (χ3v) is 10.0. The first-order chi connectivity index (χ1) is 17.8. The zero-order valence-corrected chi connectivity index (χ0v) is 26.8. The third-order valence-electron chi connectivity index (χ3n) is 10.0. The molecule has 0 aromatic rings. The molecule has 236 valence electrons. The second kappa shape index (κ2) is 12.2. The molecule has 0 radical (unpaired) electrons. The van der Waals surface area contributed by atoms with Gasteiger partial charge in [-0.1, -0.05) is 34.3 Å². The largest absolute Gasteiger partial charge is 0.459 e. The molecule has 1 saturated carbocycles. The van der Waals surface area contributed by atoms with Crippen molar-refractivity contribution in [1.82, 2.24) is 0 Å². The van der Waals surface area contributed by atoms with Gasteiger partial charge in [-0.15, -0.1) is 0 Å². The molecule has 1 fully saturated rings. The number of halogens is 3. The minimum absolute atomic E-state index is 0.257. The highest BCUT2D eigenvalue weighted by atomic mass is 19.4. The summed E-state index contributed by atoms with van der Waals surface area (Å²) < 4.78 is 61.2. The van der Waals surface area contributed by atoms with Crippen LogP contribution in [-0.2, 0) is 19.0 Å². The lowest BCUT2D eigenvalue weighted by Gasteiger charge is -2.54. The quantitative estimate of drug-likeness (QED) is 0.166. The Morgan fingerprint density at radius 2 is 1.12 bits per heavy atom. The van der Waals surface area contributed by atoms with E-state index in [1.165, 1.54) is 13.8 Å². The minimum atomic E-state index is -4.92. The number of alkyl halides is 3. The average Bonchev–Trinajstić information content (AvgIpc) is 3.24. The summed E-state index contributed by atoms with van der Waals surface area (Å²) in [6, 6.07) is 0. The highest BCUT2D eigenvalue weighted by Gasteiger charge is 2.64. The molecule has 6 nitrogen and oxygen atoms in total. The number of carbonyl (C=O) groups is 1. The highest BCUT2D eigenvalue weighted by molar-refractivity contribution is 5.87. The molecule has 40 heavy (non-hydrogen) atoms. The zero-order chi connectivity index (χ0) is 31.8. The van der Waals surface area contributed by atoms with Crippen LogP contribution in [0.5, 0.6) is 0 Å². The van der Waals surface area contributed by atoms with Crippen molar-refractivity contribution in [3.05, 3.63) is 12.2 Å². The molecule has 1 aliphatic rings. The average molecular weight is 581 g/mol. The summed E-state index contributed by atoms with van der Waals surface area (Å²) in [6.45, 7) is 23.3. The predicted molar refractivity (Wildman–Crippen MR) is 151 cm³/mol. The van der Waals surface area contributed by atoms with Crippen LogP contribution in [0.1, 0.15) is 122 Å². The Labute approximate surface area is 240 Å². The van der Waals surface area contributed by atoms with Crippen molar-refractivity contribution in [1.29, 1.82) is 0 Å². The van der Waals surface area contributed by atoms with Crippen molar-refractivity contribution in [2.75, 3.05) is 0 Å². The molecule has 0 bridgehead atoms. The monoisotopic (exact) mass is 580 g/mol. The Kier molecular flexibility index (Phi) is 11.3. The fraction of sp³-hybridized carbons (Fsp3) is 0.903. The molecule has 9 heteroatoms. The maximum absolute atomic E-state index is 14.0. The Morgan fingerprint density at radius 1 is 0.775 bits per heavy atom. The third kappa shape index (κ3) is 7.07. The number of carbonyl (C=O) groups excluding carboxylic acids is 1. The van der Waals surface area contributed by atoms with Crippen LogP contribution in [0, 0.1) is 11.8 Å². The summed E-state index contributed by atoms with van der Waals surface area (Å²) in [5.74, 6) is -1.20. The number of aliphatic hydroxyl groups is 2. The molecular formula is C31H55F3O6. The van der Waals surface area contributed by atoms with Gasteiger partial charge in [0.2, 0.25) is 0 Å². The Morgan fingerprint density at radius 3 is 1.40 bits per heavy atom. The lowest BCUT2D eigenvalue weighted by Crippen LogP contribution is -2.64. The Bertz CT molecular complexity index is 876. The van der Waals surface area contributed by atoms with Crippen LogP contribution in [0.4, 0.5) is 13.2 Å². The van der Waals surface area contributed by atoms with E-state index in [9.17, 15) is 28.2 Å². The molecule has 4 atom stereocenters. The van der Waals surface area contributed by atoms with Gasteiger partial charge in [0.1, 0.15) is 11.7 Å². The van der Waals surface area contributed by atoms with E-state index in [-0.39, 0.29) is 17.4 Å². The van der Waals surface area contributed by atoms with Crippen molar-refractivity contribution < 1.29 is 42.4 Å². The lowest BCUT2D eigenvalue weighted by molar-refractivity contribution is -0.338. The lowest BCUT2D eigenvalue weighted by atomic mass is 9.67. The summed E-state index contributed by atoms with van der Waals surface area (Å²) >= 11 is 0. The summed E-state index contributed by atoms with van der Waals surface area (Å²) in [4.78, 5) is 12.5. The number of ether oxygens (including phenoxy) is 3. The van der Waals surface area contributed by atoms with E-state index in [0.29, 0.717) is 38.5 Å². The van der Waals surface area contributed by atoms with Gasteiger partial charge >= 0.3 is 12.1 Å². The van der Waals surface area contributed by atoms with E-state index in [0.717, 1.165) is 6.92 Å². The molecule has 0 aromatic heterocycles. The first-order valence-corrected chi connectivity index (χ1v) is 14.6. The summed E-state index contributed by atoms with van der Waals surface area (Å²) in [6.07, 6.45) is -2.86. The molecule has 4 unspecified atom stereocenters. The number of esters is 1. The molecule has 0 amide bonds. The smallest absolute Gasteiger partial charge is 0.419 e. The fourth-order valence-corrected chi connectivity index (χ4v) is 6.07. The number of hydrogen-bond acceptors (Lipinski definition) is 6. The predicted octanol–water partition coefficient (Wildman–Crippen LogP) is 7.29. The van der Waals surface area contributed by atoms with E-state index >= 15 is 0 Å². The van der Waals surface area contributed by atoms with Crippen LogP contribution < -0.4 is 0 Å². The Balaban J connectivity index is 3.81. The highest BCUT2D eigenvalue weighted by Crippen LogP contribution is 2.56. The SMILES string of the molecule is C=C(C)C(=O)OC1CC(C(CC)(CC)OC(C)(C)C(C)(C)O)C(C(CC)(CC)OC(C)(C)C(C)(O)C(F)(F)F)C1. The van der Waals surface area contributed by atoms with Crippen LogP contribution in [0.25, 0.3) is 0 Å². The molecule has 1 aliphatic carbocycles. The van der Waals surface area contributed by atoms with Crippen molar-refractivity contribution in [3.8, 4) is 0 Å². The second-order valence-corrected chi connectivity index (χ2v) is 13.4. The van der Waals surface area contributed by atoms with Crippen molar-refractivity contribution >= 4 is 5.97 Å². The summed E-state index contributed by atoms with van der Waals surface area (Å²) in [5, 5.41) is 21.6. The van der Waals surface area contributed by atoms with Crippen LogP contribution in [0.3, 0.4) is 0 Å². The zero-order valence-electron chi connectivity index (χ0n) is 26.8. The Hall–Kier alpha value is -1.16. The maximum atomic E-state index is 14.0. The molecule has 0 saturated heterocycles. The molecule has 0 aromatic carbocycles. The second-order valence-electron chi connectivity index (χ2n) is 13.4.